The lowest BCUT2D eigenvalue weighted by atomic mass is 9.99. The van der Waals surface area contributed by atoms with E-state index >= 15 is 0 Å². The van der Waals surface area contributed by atoms with Crippen LogP contribution in [0.2, 0.25) is 0 Å². The van der Waals surface area contributed by atoms with Crippen LogP contribution in [0.25, 0.3) is 0 Å². The van der Waals surface area contributed by atoms with Crippen molar-refractivity contribution in [2.45, 2.75) is 45.8 Å². The average molecular weight is 369 g/mol. The van der Waals surface area contributed by atoms with Crippen molar-refractivity contribution in [3.63, 3.8) is 0 Å². The first-order valence-electron chi connectivity index (χ1n) is 8.67. The van der Waals surface area contributed by atoms with Gasteiger partial charge in [-0.25, -0.2) is 4.98 Å². The van der Waals surface area contributed by atoms with Gasteiger partial charge < -0.3 is 13.9 Å². The molecule has 0 radical (unpaired) electrons. The summed E-state index contributed by atoms with van der Waals surface area (Å²) in [5.41, 5.74) is -0.0510. The molecule has 0 saturated heterocycles. The number of aryl methyl sites for hydroxylation is 3. The summed E-state index contributed by atoms with van der Waals surface area (Å²) >= 11 is 0. The normalized spacial score (nSPS) is 17.2. The minimum atomic E-state index is -4.43. The third kappa shape index (κ3) is 3.64. The number of carbonyl (C=O) groups excluding carboxylic acids is 1. The maximum Gasteiger partial charge on any atom is 0.434 e. The van der Waals surface area contributed by atoms with E-state index in [9.17, 15) is 18.0 Å². The molecule has 0 aliphatic carbocycles. The number of fused-ring (bicyclic) bond motifs is 1. The molecule has 0 saturated carbocycles. The average Bonchev–Trinajstić information content (AvgIpc) is 3.16. The minimum Gasteiger partial charge on any atom is -0.456 e. The highest BCUT2D eigenvalue weighted by atomic mass is 19.4. The highest BCUT2D eigenvalue weighted by molar-refractivity contribution is 5.92. The van der Waals surface area contributed by atoms with Gasteiger partial charge in [0.25, 0.3) is 5.91 Å². The molecular formula is C18H22F3N3O2. The fourth-order valence-electron chi connectivity index (χ4n) is 3.38. The van der Waals surface area contributed by atoms with Crippen LogP contribution in [0, 0.1) is 12.8 Å². The fraction of sp³-hybridized carbons (Fsp3) is 0.556. The van der Waals surface area contributed by atoms with Gasteiger partial charge in [0, 0.05) is 44.7 Å². The zero-order valence-electron chi connectivity index (χ0n) is 15.1. The molecule has 142 valence electrons. The van der Waals surface area contributed by atoms with E-state index in [1.165, 1.54) is 0 Å². The first kappa shape index (κ1) is 18.5. The number of furan rings is 1. The lowest BCUT2D eigenvalue weighted by Crippen LogP contribution is -2.35. The Morgan fingerprint density at radius 3 is 2.81 bits per heavy atom. The van der Waals surface area contributed by atoms with Crippen LogP contribution in [0.15, 0.2) is 16.7 Å². The van der Waals surface area contributed by atoms with Crippen molar-refractivity contribution in [1.82, 2.24) is 14.5 Å². The van der Waals surface area contributed by atoms with Crippen molar-refractivity contribution in [3.05, 3.63) is 40.9 Å². The predicted molar refractivity (Wildman–Crippen MR) is 88.8 cm³/mol. The third-order valence-corrected chi connectivity index (χ3v) is 4.77. The van der Waals surface area contributed by atoms with Gasteiger partial charge >= 0.3 is 6.18 Å². The number of hydrogen-bond donors (Lipinski definition) is 0. The second kappa shape index (κ2) is 6.81. The molecule has 2 aromatic heterocycles. The summed E-state index contributed by atoms with van der Waals surface area (Å²) < 4.78 is 45.6. The molecule has 2 aromatic rings. The number of halogens is 3. The summed E-state index contributed by atoms with van der Waals surface area (Å²) in [6.45, 7) is 4.67. The molecule has 3 heterocycles. The van der Waals surface area contributed by atoms with Gasteiger partial charge in [0.2, 0.25) is 0 Å². The molecule has 0 spiro atoms. The van der Waals surface area contributed by atoms with Crippen molar-refractivity contribution >= 4 is 5.91 Å². The van der Waals surface area contributed by atoms with E-state index in [-0.39, 0.29) is 11.8 Å². The molecule has 0 aromatic carbocycles. The maximum atomic E-state index is 12.8. The third-order valence-electron chi connectivity index (χ3n) is 4.77. The number of nitrogens with zero attached hydrogens (tertiary/aromatic N) is 3. The van der Waals surface area contributed by atoms with Gasteiger partial charge in [0.05, 0.1) is 0 Å². The second-order valence-corrected chi connectivity index (χ2v) is 6.86. The van der Waals surface area contributed by atoms with Crippen LogP contribution in [-0.4, -0.2) is 34.0 Å². The lowest BCUT2D eigenvalue weighted by Gasteiger charge is -2.27. The molecule has 0 fully saturated rings. The van der Waals surface area contributed by atoms with E-state index in [0.717, 1.165) is 17.5 Å². The van der Waals surface area contributed by atoms with Gasteiger partial charge in [-0.15, -0.1) is 0 Å². The SMILES string of the molecule is CCc1cc(C)c(C(=O)N(C)CC2CCc3nc(C(F)(F)F)cn3C2)o1. The number of aromatic nitrogens is 2. The zero-order valence-corrected chi connectivity index (χ0v) is 15.1. The van der Waals surface area contributed by atoms with Crippen LogP contribution >= 0.6 is 0 Å². The largest absolute Gasteiger partial charge is 0.456 e. The molecule has 26 heavy (non-hydrogen) atoms. The quantitative estimate of drug-likeness (QED) is 0.826. The molecule has 1 atom stereocenters. The van der Waals surface area contributed by atoms with E-state index in [0.29, 0.717) is 43.9 Å². The maximum absolute atomic E-state index is 12.8. The standard InChI is InChI=1S/C18H22F3N3O2/c1-4-13-7-11(2)16(26-13)17(25)23(3)8-12-5-6-15-22-14(18(19,20)21)10-24(15)9-12/h7,10,12H,4-6,8-9H2,1-3H3. The van der Waals surface area contributed by atoms with Crippen molar-refractivity contribution in [3.8, 4) is 0 Å². The summed E-state index contributed by atoms with van der Waals surface area (Å²) in [6.07, 6.45) is -1.48. The van der Waals surface area contributed by atoms with Crippen molar-refractivity contribution in [2.75, 3.05) is 13.6 Å². The van der Waals surface area contributed by atoms with Crippen LogP contribution in [0.3, 0.4) is 0 Å². The lowest BCUT2D eigenvalue weighted by molar-refractivity contribution is -0.141. The molecule has 0 bridgehead atoms. The van der Waals surface area contributed by atoms with Gasteiger partial charge in [0.1, 0.15) is 11.6 Å². The Hall–Kier alpha value is -2.25. The molecule has 8 heteroatoms. The fourth-order valence-corrected chi connectivity index (χ4v) is 3.38. The van der Waals surface area contributed by atoms with Crippen LogP contribution < -0.4 is 0 Å². The predicted octanol–water partition coefficient (Wildman–Crippen LogP) is 3.70. The zero-order chi connectivity index (χ0) is 19.1. The number of rotatable bonds is 4. The highest BCUT2D eigenvalue weighted by Crippen LogP contribution is 2.31. The van der Waals surface area contributed by atoms with Crippen molar-refractivity contribution < 1.29 is 22.4 Å². The molecule has 1 unspecified atom stereocenters. The highest BCUT2D eigenvalue weighted by Gasteiger charge is 2.36. The van der Waals surface area contributed by atoms with E-state index in [4.69, 9.17) is 4.42 Å². The first-order valence-corrected chi connectivity index (χ1v) is 8.67. The number of carbonyl (C=O) groups is 1. The van der Waals surface area contributed by atoms with Gasteiger partial charge in [-0.05, 0) is 25.3 Å². The monoisotopic (exact) mass is 369 g/mol. The molecular weight excluding hydrogens is 347 g/mol. The topological polar surface area (TPSA) is 51.3 Å². The van der Waals surface area contributed by atoms with Crippen LogP contribution in [0.5, 0.6) is 0 Å². The Balaban J connectivity index is 1.67. The smallest absolute Gasteiger partial charge is 0.434 e. The van der Waals surface area contributed by atoms with Crippen LogP contribution in [0.4, 0.5) is 13.2 Å². The summed E-state index contributed by atoms with van der Waals surface area (Å²) in [5.74, 6) is 1.43. The van der Waals surface area contributed by atoms with Crippen LogP contribution in [0.1, 0.15) is 46.7 Å². The van der Waals surface area contributed by atoms with Crippen LogP contribution in [-0.2, 0) is 25.6 Å². The van der Waals surface area contributed by atoms with Crippen molar-refractivity contribution in [1.29, 1.82) is 0 Å². The number of amides is 1. The Morgan fingerprint density at radius 2 is 2.19 bits per heavy atom. The molecule has 1 aliphatic rings. The number of imidazole rings is 1. The summed E-state index contributed by atoms with van der Waals surface area (Å²) in [5, 5.41) is 0. The van der Waals surface area contributed by atoms with Gasteiger partial charge in [-0.3, -0.25) is 4.79 Å². The Bertz CT molecular complexity index is 807. The second-order valence-electron chi connectivity index (χ2n) is 6.86. The molecule has 1 aliphatic heterocycles. The van der Waals surface area contributed by atoms with Gasteiger partial charge in [-0.2, -0.15) is 13.2 Å². The van der Waals surface area contributed by atoms with Crippen molar-refractivity contribution in [2.24, 2.45) is 5.92 Å². The minimum absolute atomic E-state index is 0.0765. The van der Waals surface area contributed by atoms with E-state index in [1.807, 2.05) is 19.9 Å². The Labute approximate surface area is 149 Å². The summed E-state index contributed by atoms with van der Waals surface area (Å²) in [6, 6.07) is 1.86. The first-order chi connectivity index (χ1) is 12.2. The van der Waals surface area contributed by atoms with E-state index < -0.39 is 11.9 Å². The van der Waals surface area contributed by atoms with E-state index in [1.54, 1.807) is 16.5 Å². The molecule has 0 N–H and O–H groups in total. The summed E-state index contributed by atoms with van der Waals surface area (Å²) in [7, 11) is 1.69. The molecule has 1 amide bonds. The van der Waals surface area contributed by atoms with Gasteiger partial charge in [-0.1, -0.05) is 6.92 Å². The summed E-state index contributed by atoms with van der Waals surface area (Å²) in [4.78, 5) is 17.9. The Morgan fingerprint density at radius 1 is 1.46 bits per heavy atom. The number of alkyl halides is 3. The molecule has 3 rings (SSSR count). The number of hydrogen-bond acceptors (Lipinski definition) is 3. The molecule has 5 nitrogen and oxygen atoms in total. The van der Waals surface area contributed by atoms with Gasteiger partial charge in [0.15, 0.2) is 11.5 Å². The van der Waals surface area contributed by atoms with E-state index in [2.05, 4.69) is 4.98 Å². The Kier molecular flexibility index (Phi) is 4.86.